The second-order valence-electron chi connectivity index (χ2n) is 5.12. The lowest BCUT2D eigenvalue weighted by atomic mass is 10.2. The monoisotopic (exact) mass is 293 g/mol. The highest BCUT2D eigenvalue weighted by Gasteiger charge is 2.25. The molecule has 0 radical (unpaired) electrons. The summed E-state index contributed by atoms with van der Waals surface area (Å²) in [5.74, 6) is 0.254. The number of carbonyl (C=O) groups excluding carboxylic acids is 1. The van der Waals surface area contributed by atoms with Crippen molar-refractivity contribution in [2.75, 3.05) is 6.61 Å². The first-order valence-electron chi connectivity index (χ1n) is 6.80. The van der Waals surface area contributed by atoms with E-state index in [4.69, 9.17) is 16.3 Å². The van der Waals surface area contributed by atoms with E-state index in [1.807, 2.05) is 11.6 Å². The summed E-state index contributed by atoms with van der Waals surface area (Å²) < 4.78 is 6.88. The normalized spacial score (nSPS) is 14.8. The summed E-state index contributed by atoms with van der Waals surface area (Å²) in [6.07, 6.45) is 3.97. The molecule has 106 valence electrons. The lowest BCUT2D eigenvalue weighted by Crippen LogP contribution is -2.07. The first-order chi connectivity index (χ1) is 9.61. The molecule has 0 amide bonds. The Labute approximate surface area is 121 Å². The van der Waals surface area contributed by atoms with E-state index in [0.29, 0.717) is 23.1 Å². The molecule has 6 heteroatoms. The summed E-state index contributed by atoms with van der Waals surface area (Å²) in [5, 5.41) is 5.63. The van der Waals surface area contributed by atoms with Crippen LogP contribution in [0.25, 0.3) is 11.0 Å². The van der Waals surface area contributed by atoms with Crippen molar-refractivity contribution in [1.82, 2.24) is 14.8 Å². The average Bonchev–Trinajstić information content (AvgIpc) is 3.15. The van der Waals surface area contributed by atoms with E-state index in [-0.39, 0.29) is 0 Å². The van der Waals surface area contributed by atoms with E-state index in [0.717, 1.165) is 23.3 Å². The Bertz CT molecular complexity index is 677. The van der Waals surface area contributed by atoms with Crippen LogP contribution < -0.4 is 0 Å². The number of halogens is 1. The molecule has 5 nitrogen and oxygen atoms in total. The summed E-state index contributed by atoms with van der Waals surface area (Å²) in [7, 11) is 0. The zero-order valence-electron chi connectivity index (χ0n) is 11.5. The molecule has 0 atom stereocenters. The summed E-state index contributed by atoms with van der Waals surface area (Å²) in [5.41, 5.74) is 1.84. The first kappa shape index (κ1) is 13.4. The molecule has 2 aromatic rings. The third-order valence-corrected chi connectivity index (χ3v) is 3.89. The Kier molecular flexibility index (Phi) is 3.38. The van der Waals surface area contributed by atoms with Crippen molar-refractivity contribution in [3.63, 3.8) is 0 Å². The van der Waals surface area contributed by atoms with Gasteiger partial charge in [-0.3, -0.25) is 0 Å². The molecule has 1 saturated carbocycles. The number of hydrogen-bond acceptors (Lipinski definition) is 4. The molecule has 0 saturated heterocycles. The quantitative estimate of drug-likeness (QED) is 0.813. The van der Waals surface area contributed by atoms with Gasteiger partial charge in [0.15, 0.2) is 5.65 Å². The fourth-order valence-electron chi connectivity index (χ4n) is 2.30. The van der Waals surface area contributed by atoms with Crippen LogP contribution in [0.3, 0.4) is 0 Å². The molecule has 0 bridgehead atoms. The van der Waals surface area contributed by atoms with Crippen LogP contribution in [-0.2, 0) is 11.3 Å². The summed E-state index contributed by atoms with van der Waals surface area (Å²) in [6, 6.07) is 0. The molecule has 0 N–H and O–H groups in total. The second-order valence-corrected chi connectivity index (χ2v) is 5.49. The van der Waals surface area contributed by atoms with Gasteiger partial charge in [-0.15, -0.1) is 0 Å². The van der Waals surface area contributed by atoms with Crippen LogP contribution in [0.2, 0.25) is 5.02 Å². The van der Waals surface area contributed by atoms with Gasteiger partial charge in [-0.05, 0) is 32.6 Å². The Balaban J connectivity index is 2.07. The van der Waals surface area contributed by atoms with Crippen molar-refractivity contribution in [2.45, 2.75) is 33.2 Å². The molecule has 1 aliphatic carbocycles. The van der Waals surface area contributed by atoms with Gasteiger partial charge in [0.1, 0.15) is 0 Å². The Morgan fingerprint density at radius 2 is 2.30 bits per heavy atom. The van der Waals surface area contributed by atoms with E-state index in [1.54, 1.807) is 6.92 Å². The van der Waals surface area contributed by atoms with Crippen LogP contribution in [0.5, 0.6) is 0 Å². The Morgan fingerprint density at radius 3 is 2.95 bits per heavy atom. The molecule has 1 fully saturated rings. The number of nitrogens with zero attached hydrogens (tertiary/aromatic N) is 3. The Hall–Kier alpha value is -1.62. The van der Waals surface area contributed by atoms with Crippen LogP contribution in [0, 0.1) is 12.8 Å². The van der Waals surface area contributed by atoms with Crippen molar-refractivity contribution >= 4 is 28.6 Å². The number of ether oxygens (including phenoxy) is 1. The predicted molar refractivity (Wildman–Crippen MR) is 76.0 cm³/mol. The van der Waals surface area contributed by atoms with E-state index in [9.17, 15) is 4.79 Å². The van der Waals surface area contributed by atoms with Gasteiger partial charge in [0.25, 0.3) is 0 Å². The molecule has 0 aliphatic heterocycles. The number of rotatable bonds is 4. The molecule has 2 heterocycles. The van der Waals surface area contributed by atoms with Crippen molar-refractivity contribution in [2.24, 2.45) is 5.92 Å². The molecular formula is C14H16ClN3O2. The van der Waals surface area contributed by atoms with Gasteiger partial charge >= 0.3 is 5.97 Å². The van der Waals surface area contributed by atoms with Gasteiger partial charge in [-0.1, -0.05) is 11.6 Å². The third kappa shape index (κ3) is 2.26. The van der Waals surface area contributed by atoms with Gasteiger partial charge in [0, 0.05) is 12.7 Å². The van der Waals surface area contributed by atoms with Crippen LogP contribution in [0.4, 0.5) is 0 Å². The molecule has 20 heavy (non-hydrogen) atoms. The number of carbonyl (C=O) groups is 1. The molecule has 2 aromatic heterocycles. The lowest BCUT2D eigenvalue weighted by Gasteiger charge is -2.05. The largest absolute Gasteiger partial charge is 0.462 e. The van der Waals surface area contributed by atoms with E-state index in [1.165, 1.54) is 19.0 Å². The van der Waals surface area contributed by atoms with Crippen LogP contribution >= 0.6 is 11.6 Å². The van der Waals surface area contributed by atoms with Crippen LogP contribution in [0.1, 0.15) is 35.8 Å². The SMILES string of the molecule is CCOC(=O)c1cnc2c(c(C)nn2CC2CC2)c1Cl. The number of esters is 1. The summed E-state index contributed by atoms with van der Waals surface area (Å²) in [4.78, 5) is 16.2. The fraction of sp³-hybridized carbons (Fsp3) is 0.500. The molecular weight excluding hydrogens is 278 g/mol. The highest BCUT2D eigenvalue weighted by atomic mass is 35.5. The van der Waals surface area contributed by atoms with Gasteiger partial charge in [0.05, 0.1) is 28.3 Å². The minimum Gasteiger partial charge on any atom is -0.462 e. The molecule has 0 spiro atoms. The summed E-state index contributed by atoms with van der Waals surface area (Å²) >= 11 is 6.35. The third-order valence-electron chi connectivity index (χ3n) is 3.50. The predicted octanol–water partition coefficient (Wildman–Crippen LogP) is 2.98. The minimum atomic E-state index is -0.443. The van der Waals surface area contributed by atoms with E-state index in [2.05, 4.69) is 10.1 Å². The lowest BCUT2D eigenvalue weighted by molar-refractivity contribution is 0.0526. The maximum Gasteiger partial charge on any atom is 0.341 e. The molecule has 0 aromatic carbocycles. The van der Waals surface area contributed by atoms with Gasteiger partial charge in [0.2, 0.25) is 0 Å². The second kappa shape index (κ2) is 5.05. The highest BCUT2D eigenvalue weighted by molar-refractivity contribution is 6.38. The highest BCUT2D eigenvalue weighted by Crippen LogP contribution is 2.33. The van der Waals surface area contributed by atoms with Crippen molar-refractivity contribution in [1.29, 1.82) is 0 Å². The fourth-order valence-corrected chi connectivity index (χ4v) is 2.65. The van der Waals surface area contributed by atoms with Crippen LogP contribution in [0.15, 0.2) is 6.20 Å². The number of pyridine rings is 1. The molecule has 3 rings (SSSR count). The molecule has 0 unspecified atom stereocenters. The van der Waals surface area contributed by atoms with E-state index < -0.39 is 5.97 Å². The number of hydrogen-bond donors (Lipinski definition) is 0. The van der Waals surface area contributed by atoms with Crippen molar-refractivity contribution in [3.8, 4) is 0 Å². The first-order valence-corrected chi connectivity index (χ1v) is 7.18. The van der Waals surface area contributed by atoms with Crippen LogP contribution in [-0.4, -0.2) is 27.3 Å². The topological polar surface area (TPSA) is 57.0 Å². The number of aromatic nitrogens is 3. The van der Waals surface area contributed by atoms with Crippen molar-refractivity contribution in [3.05, 3.63) is 22.5 Å². The summed E-state index contributed by atoms with van der Waals surface area (Å²) in [6.45, 7) is 4.82. The van der Waals surface area contributed by atoms with Gasteiger partial charge in [-0.2, -0.15) is 5.10 Å². The number of fused-ring (bicyclic) bond motifs is 1. The van der Waals surface area contributed by atoms with Gasteiger partial charge in [-0.25, -0.2) is 14.5 Å². The maximum atomic E-state index is 11.8. The zero-order valence-corrected chi connectivity index (χ0v) is 12.3. The average molecular weight is 294 g/mol. The van der Waals surface area contributed by atoms with Crippen molar-refractivity contribution < 1.29 is 9.53 Å². The Morgan fingerprint density at radius 1 is 1.55 bits per heavy atom. The maximum absolute atomic E-state index is 11.8. The molecule has 1 aliphatic rings. The smallest absolute Gasteiger partial charge is 0.341 e. The zero-order chi connectivity index (χ0) is 14.3. The van der Waals surface area contributed by atoms with Gasteiger partial charge < -0.3 is 4.74 Å². The van der Waals surface area contributed by atoms with E-state index >= 15 is 0 Å². The minimum absolute atomic E-state index is 0.301. The standard InChI is InChI=1S/C14H16ClN3O2/c1-3-20-14(19)10-6-16-13-11(12(10)15)8(2)17-18(13)7-9-4-5-9/h6,9H,3-5,7H2,1-2H3. The number of aryl methyl sites for hydroxylation is 1.